The van der Waals surface area contributed by atoms with E-state index >= 15 is 0 Å². The number of carbonyl (C=O) groups is 3. The second-order valence-electron chi connectivity index (χ2n) is 18.8. The van der Waals surface area contributed by atoms with Gasteiger partial charge in [-0.1, -0.05) is 232 Å². The Hall–Kier alpha value is -2.11. The molecule has 364 valence electrons. The third-order valence-corrected chi connectivity index (χ3v) is 12.6. The fourth-order valence-corrected chi connectivity index (χ4v) is 8.38. The molecule has 0 saturated carbocycles. The van der Waals surface area contributed by atoms with Crippen LogP contribution in [-0.4, -0.2) is 36.2 Å². The monoisotopic (exact) mass is 873 g/mol. The molecule has 6 nitrogen and oxygen atoms in total. The third-order valence-electron chi connectivity index (χ3n) is 12.6. The highest BCUT2D eigenvalue weighted by Crippen LogP contribution is 2.19. The molecule has 0 aromatic rings. The smallest absolute Gasteiger partial charge is 0.306 e. The van der Waals surface area contributed by atoms with Gasteiger partial charge in [0.15, 0.2) is 0 Å². The van der Waals surface area contributed by atoms with E-state index in [9.17, 15) is 14.4 Å². The number of rotatable bonds is 50. The number of aliphatic carboxylic acids is 1. The predicted octanol–water partition coefficient (Wildman–Crippen LogP) is 18.1. The summed E-state index contributed by atoms with van der Waals surface area (Å²) >= 11 is 0. The fourth-order valence-electron chi connectivity index (χ4n) is 8.38. The zero-order valence-electron chi connectivity index (χ0n) is 41.6. The van der Waals surface area contributed by atoms with Crippen LogP contribution in [0.3, 0.4) is 0 Å². The lowest BCUT2D eigenvalue weighted by Crippen LogP contribution is -2.13. The van der Waals surface area contributed by atoms with Crippen LogP contribution >= 0.6 is 0 Å². The van der Waals surface area contributed by atoms with Crippen molar-refractivity contribution >= 4 is 17.9 Å². The van der Waals surface area contributed by atoms with Crippen LogP contribution in [0.1, 0.15) is 297 Å². The number of ether oxygens (including phenoxy) is 2. The SMILES string of the molecule is CCCCCCC/C=C/C(CCCCCCCC(=O)OC/C(=C/CCCCCCC(=O)O)CCCCCCCCC)COC(=O)CCCCCCCCCCCCCCCCC. The summed E-state index contributed by atoms with van der Waals surface area (Å²) in [6.07, 6.45) is 56.5. The Bertz CT molecular complexity index is 1030. The summed E-state index contributed by atoms with van der Waals surface area (Å²) in [7, 11) is 0. The van der Waals surface area contributed by atoms with Crippen LogP contribution < -0.4 is 0 Å². The van der Waals surface area contributed by atoms with Gasteiger partial charge in [-0.15, -0.1) is 0 Å². The Labute approximate surface area is 385 Å². The molecule has 0 aliphatic heterocycles. The van der Waals surface area contributed by atoms with E-state index in [0.717, 1.165) is 103 Å². The molecule has 1 unspecified atom stereocenters. The number of hydrogen-bond acceptors (Lipinski definition) is 5. The van der Waals surface area contributed by atoms with E-state index in [-0.39, 0.29) is 24.3 Å². The van der Waals surface area contributed by atoms with Crippen molar-refractivity contribution in [3.05, 3.63) is 23.8 Å². The molecule has 0 spiro atoms. The van der Waals surface area contributed by atoms with E-state index < -0.39 is 5.97 Å². The second kappa shape index (κ2) is 49.9. The van der Waals surface area contributed by atoms with E-state index in [1.165, 1.54) is 160 Å². The van der Waals surface area contributed by atoms with Crippen LogP contribution in [0.4, 0.5) is 0 Å². The number of allylic oxidation sites excluding steroid dienone is 2. The van der Waals surface area contributed by atoms with Crippen molar-refractivity contribution in [3.8, 4) is 0 Å². The molecule has 0 radical (unpaired) electrons. The van der Waals surface area contributed by atoms with Crippen LogP contribution in [0.25, 0.3) is 0 Å². The number of esters is 2. The van der Waals surface area contributed by atoms with Crippen LogP contribution in [0, 0.1) is 5.92 Å². The Morgan fingerprint density at radius 3 is 1.26 bits per heavy atom. The summed E-state index contributed by atoms with van der Waals surface area (Å²) in [5.41, 5.74) is 1.24. The zero-order valence-corrected chi connectivity index (χ0v) is 41.6. The second-order valence-corrected chi connectivity index (χ2v) is 18.8. The van der Waals surface area contributed by atoms with Gasteiger partial charge in [0, 0.05) is 25.2 Å². The van der Waals surface area contributed by atoms with Gasteiger partial charge in [0.1, 0.15) is 6.61 Å². The minimum Gasteiger partial charge on any atom is -0.481 e. The number of hydrogen-bond donors (Lipinski definition) is 1. The first-order valence-electron chi connectivity index (χ1n) is 27.3. The lowest BCUT2D eigenvalue weighted by molar-refractivity contribution is -0.145. The molecular weight excluding hydrogens is 769 g/mol. The van der Waals surface area contributed by atoms with Gasteiger partial charge >= 0.3 is 17.9 Å². The topological polar surface area (TPSA) is 89.9 Å². The van der Waals surface area contributed by atoms with Crippen molar-refractivity contribution in [3.63, 3.8) is 0 Å². The highest BCUT2D eigenvalue weighted by atomic mass is 16.5. The lowest BCUT2D eigenvalue weighted by Gasteiger charge is -2.14. The molecule has 0 aromatic heterocycles. The van der Waals surface area contributed by atoms with Gasteiger partial charge in [-0.2, -0.15) is 0 Å². The van der Waals surface area contributed by atoms with Crippen molar-refractivity contribution < 1.29 is 29.0 Å². The minimum atomic E-state index is -0.713. The number of unbranched alkanes of at least 4 members (excludes halogenated alkanes) is 33. The quantitative estimate of drug-likeness (QED) is 0.0372. The molecule has 6 heteroatoms. The van der Waals surface area contributed by atoms with Crippen molar-refractivity contribution in [2.75, 3.05) is 13.2 Å². The summed E-state index contributed by atoms with van der Waals surface area (Å²) in [6, 6.07) is 0. The molecule has 0 heterocycles. The molecule has 0 aliphatic rings. The number of carbonyl (C=O) groups excluding carboxylic acids is 2. The Kier molecular flexibility index (Phi) is 48.2. The first-order chi connectivity index (χ1) is 30.4. The maximum Gasteiger partial charge on any atom is 0.306 e. The summed E-state index contributed by atoms with van der Waals surface area (Å²) in [4.78, 5) is 36.1. The van der Waals surface area contributed by atoms with Crippen molar-refractivity contribution in [1.29, 1.82) is 0 Å². The van der Waals surface area contributed by atoms with Crippen LogP contribution in [0.2, 0.25) is 0 Å². The Balaban J connectivity index is 4.42. The van der Waals surface area contributed by atoms with E-state index in [0.29, 0.717) is 26.1 Å². The molecule has 62 heavy (non-hydrogen) atoms. The van der Waals surface area contributed by atoms with Crippen molar-refractivity contribution in [2.24, 2.45) is 5.92 Å². The molecule has 0 saturated heterocycles. The average molecular weight is 873 g/mol. The highest BCUT2D eigenvalue weighted by Gasteiger charge is 2.11. The Morgan fingerprint density at radius 2 is 0.790 bits per heavy atom. The van der Waals surface area contributed by atoms with E-state index in [1.54, 1.807) is 0 Å². The predicted molar refractivity (Wildman–Crippen MR) is 266 cm³/mol. The summed E-state index contributed by atoms with van der Waals surface area (Å²) in [5.74, 6) is -0.550. The largest absolute Gasteiger partial charge is 0.481 e. The Morgan fingerprint density at radius 1 is 0.419 bits per heavy atom. The summed E-state index contributed by atoms with van der Waals surface area (Å²) in [5, 5.41) is 8.86. The van der Waals surface area contributed by atoms with Crippen LogP contribution in [0.15, 0.2) is 23.8 Å². The maximum absolute atomic E-state index is 12.7. The van der Waals surface area contributed by atoms with Crippen LogP contribution in [0.5, 0.6) is 0 Å². The number of carboxylic acids is 1. The molecule has 0 aromatic carbocycles. The fraction of sp³-hybridized carbons (Fsp3) is 0.875. The maximum atomic E-state index is 12.7. The van der Waals surface area contributed by atoms with Crippen molar-refractivity contribution in [1.82, 2.24) is 0 Å². The minimum absolute atomic E-state index is 0.0325. The normalized spacial score (nSPS) is 12.3. The van der Waals surface area contributed by atoms with Crippen LogP contribution in [-0.2, 0) is 23.9 Å². The highest BCUT2D eigenvalue weighted by molar-refractivity contribution is 5.69. The number of carboxylic acid groups (broad SMARTS) is 1. The molecule has 0 aliphatic carbocycles. The van der Waals surface area contributed by atoms with E-state index in [4.69, 9.17) is 14.6 Å². The molecule has 0 fully saturated rings. The van der Waals surface area contributed by atoms with Gasteiger partial charge in [0.2, 0.25) is 0 Å². The molecular formula is C56H104O6. The molecule has 1 atom stereocenters. The lowest BCUT2D eigenvalue weighted by atomic mass is 9.99. The van der Waals surface area contributed by atoms with Gasteiger partial charge in [-0.05, 0) is 69.8 Å². The average Bonchev–Trinajstić information content (AvgIpc) is 3.26. The van der Waals surface area contributed by atoms with Gasteiger partial charge in [0.25, 0.3) is 0 Å². The first kappa shape index (κ1) is 59.9. The summed E-state index contributed by atoms with van der Waals surface area (Å²) < 4.78 is 11.6. The van der Waals surface area contributed by atoms with Gasteiger partial charge in [0.05, 0.1) is 6.61 Å². The van der Waals surface area contributed by atoms with Crippen molar-refractivity contribution in [2.45, 2.75) is 297 Å². The molecule has 1 N–H and O–H groups in total. The molecule has 0 amide bonds. The van der Waals surface area contributed by atoms with Gasteiger partial charge in [-0.3, -0.25) is 14.4 Å². The molecule has 0 rings (SSSR count). The standard InChI is InChI=1S/C56H104O6/c1-4-7-10-13-16-17-18-19-20-21-22-23-26-34-41-48-55(59)61-51-53(44-37-30-25-15-12-9-6-3)46-39-32-28-35-42-49-56(60)62-50-52(43-36-29-24-14-11-8-5-2)45-38-31-27-33-40-47-54(57)58/h37,44-45,53H,4-36,38-43,46-51H2,1-3H3,(H,57,58)/b44-37+,52-45+. The summed E-state index contributed by atoms with van der Waals surface area (Å²) in [6.45, 7) is 7.70. The molecule has 0 bridgehead atoms. The first-order valence-corrected chi connectivity index (χ1v) is 27.3. The zero-order chi connectivity index (χ0) is 45.2. The van der Waals surface area contributed by atoms with E-state index in [1.807, 2.05) is 0 Å². The van der Waals surface area contributed by atoms with Gasteiger partial charge < -0.3 is 14.6 Å². The van der Waals surface area contributed by atoms with E-state index in [2.05, 4.69) is 39.0 Å². The third kappa shape index (κ3) is 47.4. The van der Waals surface area contributed by atoms with Gasteiger partial charge in [-0.25, -0.2) is 0 Å².